The zero-order valence-corrected chi connectivity index (χ0v) is 38.0. The van der Waals surface area contributed by atoms with E-state index in [1.54, 1.807) is 0 Å². The summed E-state index contributed by atoms with van der Waals surface area (Å²) < 4.78 is 39.0. The zero-order valence-electron chi connectivity index (χ0n) is 33.8. The van der Waals surface area contributed by atoms with Crippen LogP contribution in [0.15, 0.2) is 121 Å². The fraction of sp³-hybridized carbons (Fsp3) is 0.348. The van der Waals surface area contributed by atoms with Crippen LogP contribution >= 0.6 is 27.6 Å². The first kappa shape index (κ1) is 49.9. The molecule has 2 saturated heterocycles. The van der Waals surface area contributed by atoms with Crippen LogP contribution in [-0.2, 0) is 24.3 Å². The maximum absolute atomic E-state index is 14.0. The van der Waals surface area contributed by atoms with Crippen LogP contribution in [0.2, 0.25) is 0 Å². The molecule has 4 aromatic rings. The number of carbonyl (C=O) groups is 2. The van der Waals surface area contributed by atoms with E-state index in [4.69, 9.17) is 0 Å². The Morgan fingerprint density at radius 1 is 0.633 bits per heavy atom. The SMILES string of the molecule is F[B-](F)(F)F.O=C1N[C@H]2[C@H](CS[C@H]2CCCCC(=O)N(CCP(c2ccccc2)c2ccccc2)CCP(c2ccccc2)c2ccccc2)N1.[CH]1[CH]CC[CH][CH]CC1.[Rh]. The van der Waals surface area contributed by atoms with Gasteiger partial charge in [-0.15, -0.1) is 0 Å². The number of thioether (sulfide) groups is 1. The summed E-state index contributed by atoms with van der Waals surface area (Å²) in [5.41, 5.74) is 0. The Bertz CT molecular complexity index is 1600. The Morgan fingerprint density at radius 3 is 1.40 bits per heavy atom. The van der Waals surface area contributed by atoms with Gasteiger partial charge in [-0.25, -0.2) is 4.79 Å². The molecule has 0 bridgehead atoms. The van der Waals surface area contributed by atoms with Gasteiger partial charge >= 0.3 is 13.3 Å². The Morgan fingerprint density at radius 2 is 1.02 bits per heavy atom. The number of hydrogen-bond acceptors (Lipinski definition) is 3. The summed E-state index contributed by atoms with van der Waals surface area (Å²) in [5.74, 6) is 1.23. The third-order valence-corrected chi connectivity index (χ3v) is 16.7. The van der Waals surface area contributed by atoms with E-state index in [0.29, 0.717) is 11.7 Å². The van der Waals surface area contributed by atoms with Crippen molar-refractivity contribution in [1.29, 1.82) is 0 Å². The van der Waals surface area contributed by atoms with Crippen molar-refractivity contribution in [3.8, 4) is 0 Å². The summed E-state index contributed by atoms with van der Waals surface area (Å²) in [7, 11) is -7.17. The van der Waals surface area contributed by atoms with E-state index in [0.717, 1.165) is 50.4 Å². The molecule has 5 nitrogen and oxygen atoms in total. The summed E-state index contributed by atoms with van der Waals surface area (Å²) in [4.78, 5) is 28.0. The van der Waals surface area contributed by atoms with Crippen molar-refractivity contribution in [1.82, 2.24) is 15.5 Å². The number of halogens is 4. The Balaban J connectivity index is 0.000000488. The van der Waals surface area contributed by atoms with E-state index < -0.39 is 23.1 Å². The number of rotatable bonds is 15. The van der Waals surface area contributed by atoms with E-state index in [9.17, 15) is 26.9 Å². The maximum atomic E-state index is 14.0. The molecule has 4 aromatic carbocycles. The Kier molecular flexibility index (Phi) is 22.7. The molecule has 5 radical (unpaired) electrons. The minimum absolute atomic E-state index is 0. The Labute approximate surface area is 374 Å². The zero-order chi connectivity index (χ0) is 41.7. The summed E-state index contributed by atoms with van der Waals surface area (Å²) in [6.07, 6.45) is 19.4. The topological polar surface area (TPSA) is 61.4 Å². The molecule has 3 atom stereocenters. The average Bonchev–Trinajstić information content (AvgIpc) is 3.78. The van der Waals surface area contributed by atoms with Gasteiger partial charge in [0.2, 0.25) is 5.91 Å². The summed E-state index contributed by atoms with van der Waals surface area (Å²) in [5, 5.41) is 12.0. The predicted molar refractivity (Wildman–Crippen MR) is 244 cm³/mol. The third kappa shape index (κ3) is 17.9. The molecule has 0 unspecified atom stereocenters. The van der Waals surface area contributed by atoms with Crippen LogP contribution in [-0.4, -0.2) is 72.6 Å². The maximum Gasteiger partial charge on any atom is 0.673 e. The van der Waals surface area contributed by atoms with Crippen molar-refractivity contribution in [3.05, 3.63) is 147 Å². The van der Waals surface area contributed by atoms with Gasteiger partial charge in [-0.1, -0.05) is 128 Å². The summed E-state index contributed by atoms with van der Waals surface area (Å²) in [6, 6.07) is 43.7. The number of unbranched alkanes of at least 4 members (excludes halogenated alkanes) is 1. The number of nitrogens with one attached hydrogen (secondary N) is 2. The fourth-order valence-electron chi connectivity index (χ4n) is 7.33. The molecular weight excluding hydrogens is 910 g/mol. The van der Waals surface area contributed by atoms with E-state index in [1.165, 1.54) is 46.9 Å². The van der Waals surface area contributed by atoms with Crippen LogP contribution in [0.25, 0.3) is 0 Å². The van der Waals surface area contributed by atoms with E-state index in [2.05, 4.69) is 163 Å². The van der Waals surface area contributed by atoms with Crippen molar-refractivity contribution < 1.29 is 46.3 Å². The quantitative estimate of drug-likeness (QED) is 0.0411. The monoisotopic (exact) mass is 965 g/mol. The second-order valence-electron chi connectivity index (χ2n) is 14.5. The smallest absolute Gasteiger partial charge is 0.418 e. The molecule has 60 heavy (non-hydrogen) atoms. The summed E-state index contributed by atoms with van der Waals surface area (Å²) >= 11 is 1.95. The second-order valence-corrected chi connectivity index (χ2v) is 20.4. The number of fused-ring (bicyclic) bond motifs is 1. The van der Waals surface area contributed by atoms with Gasteiger partial charge in [0.05, 0.1) is 12.1 Å². The molecule has 2 aliphatic heterocycles. The Hall–Kier alpha value is -2.76. The van der Waals surface area contributed by atoms with Crippen molar-refractivity contribution in [2.45, 2.75) is 68.7 Å². The molecule has 323 valence electrons. The van der Waals surface area contributed by atoms with Crippen molar-refractivity contribution >= 4 is 68.0 Å². The van der Waals surface area contributed by atoms with Gasteiger partial charge in [0, 0.05) is 50.0 Å². The molecule has 3 amide bonds. The first-order valence-electron chi connectivity index (χ1n) is 20.5. The molecule has 7 rings (SSSR count). The van der Waals surface area contributed by atoms with Crippen LogP contribution < -0.4 is 31.9 Å². The first-order valence-corrected chi connectivity index (χ1v) is 24.6. The third-order valence-electron chi connectivity index (χ3n) is 10.2. The number of benzene rings is 4. The summed E-state index contributed by atoms with van der Waals surface area (Å²) in [6.45, 7) is 1.50. The van der Waals surface area contributed by atoms with Gasteiger partial charge in [-0.05, 0) is 114 Å². The van der Waals surface area contributed by atoms with Gasteiger partial charge in [0.25, 0.3) is 0 Å². The van der Waals surface area contributed by atoms with Gasteiger partial charge in [-0.3, -0.25) is 4.79 Å². The molecule has 2 heterocycles. The van der Waals surface area contributed by atoms with E-state index in [-0.39, 0.29) is 43.5 Å². The van der Waals surface area contributed by atoms with Crippen molar-refractivity contribution in [2.75, 3.05) is 31.2 Å². The molecular formula is C46H55BF4N3O2P2RhS-. The number of nitrogens with zero attached hydrogens (tertiary/aromatic N) is 1. The normalized spacial score (nSPS) is 18.6. The van der Waals surface area contributed by atoms with Gasteiger partial charge < -0.3 is 32.8 Å². The molecule has 0 spiro atoms. The van der Waals surface area contributed by atoms with Crippen LogP contribution in [0.3, 0.4) is 0 Å². The number of urea groups is 1. The molecule has 3 fully saturated rings. The van der Waals surface area contributed by atoms with Crippen LogP contribution in [0.5, 0.6) is 0 Å². The van der Waals surface area contributed by atoms with E-state index >= 15 is 0 Å². The van der Waals surface area contributed by atoms with Crippen LogP contribution in [0.4, 0.5) is 22.1 Å². The largest absolute Gasteiger partial charge is 0.673 e. The average molecular weight is 966 g/mol. The minimum atomic E-state index is -6.00. The number of carbonyl (C=O) groups excluding carboxylic acids is 2. The second kappa shape index (κ2) is 27.3. The van der Waals surface area contributed by atoms with Crippen molar-refractivity contribution in [3.63, 3.8) is 0 Å². The first-order chi connectivity index (χ1) is 28.7. The molecule has 2 N–H and O–H groups in total. The number of hydrogen-bond donors (Lipinski definition) is 2. The molecule has 0 aromatic heterocycles. The molecule has 1 aliphatic carbocycles. The van der Waals surface area contributed by atoms with Gasteiger partial charge in [-0.2, -0.15) is 11.8 Å². The predicted octanol–water partition coefficient (Wildman–Crippen LogP) is 9.48. The van der Waals surface area contributed by atoms with Crippen LogP contribution in [0.1, 0.15) is 51.4 Å². The van der Waals surface area contributed by atoms with Gasteiger partial charge in [0.1, 0.15) is 0 Å². The fourth-order valence-corrected chi connectivity index (χ4v) is 13.5. The minimum Gasteiger partial charge on any atom is -0.418 e. The van der Waals surface area contributed by atoms with Gasteiger partial charge in [0.15, 0.2) is 0 Å². The molecule has 3 aliphatic rings. The van der Waals surface area contributed by atoms with Crippen LogP contribution in [0, 0.1) is 25.7 Å². The van der Waals surface area contributed by atoms with Crippen molar-refractivity contribution in [2.24, 2.45) is 0 Å². The standard InChI is InChI=1S/C38H43N3O2P2S.C8H12.BF4.Rh/c42-36(24-14-13-23-35-37-34(29-46-35)39-38(43)40-37)41(25-27-44(30-15-5-1-6-16-30)31-17-7-2-8-18-31)26-28-45(32-19-9-3-10-20-32)33-21-11-4-12-22-33;1-2-4-6-8-7-5-3-1;2-1(3,4)5;/h1-12,15-22,34-35,37H,13-14,23-29H2,(H2,39,40,43);1-2,7-8H,3-6H2;;/q;;-1;/t34-,35-,37-;;;/m0.../s1. The van der Waals surface area contributed by atoms with E-state index in [1.807, 2.05) is 11.8 Å². The molecule has 14 heteroatoms. The molecule has 1 saturated carbocycles. The number of amides is 3.